The smallest absolute Gasteiger partial charge is 0.253 e. The van der Waals surface area contributed by atoms with Crippen molar-refractivity contribution in [1.82, 2.24) is 19.4 Å². The zero-order chi connectivity index (χ0) is 14.7. The van der Waals surface area contributed by atoms with Crippen LogP contribution >= 0.6 is 11.3 Å². The normalized spacial score (nSPS) is 17.2. The SMILES string of the molecule is Cc1ncc(CN2CCC(Cn3cnccc3=O)CC2)s1. The van der Waals surface area contributed by atoms with Crippen molar-refractivity contribution in [2.75, 3.05) is 13.1 Å². The maximum atomic E-state index is 11.7. The number of aromatic nitrogens is 3. The number of rotatable bonds is 4. The van der Waals surface area contributed by atoms with Crippen LogP contribution in [-0.4, -0.2) is 32.5 Å². The molecule has 0 spiro atoms. The molecule has 1 aliphatic rings. The van der Waals surface area contributed by atoms with Gasteiger partial charge >= 0.3 is 0 Å². The van der Waals surface area contributed by atoms with Gasteiger partial charge in [-0.05, 0) is 38.8 Å². The highest BCUT2D eigenvalue weighted by Gasteiger charge is 2.20. The van der Waals surface area contributed by atoms with E-state index in [0.29, 0.717) is 5.92 Å². The molecule has 0 unspecified atom stereocenters. The zero-order valence-corrected chi connectivity index (χ0v) is 13.1. The highest BCUT2D eigenvalue weighted by Crippen LogP contribution is 2.21. The topological polar surface area (TPSA) is 51.0 Å². The number of aryl methyl sites for hydroxylation is 1. The van der Waals surface area contributed by atoms with Gasteiger partial charge in [-0.3, -0.25) is 14.3 Å². The van der Waals surface area contributed by atoms with E-state index in [1.54, 1.807) is 28.4 Å². The second kappa shape index (κ2) is 6.49. The molecule has 3 rings (SSSR count). The van der Waals surface area contributed by atoms with Gasteiger partial charge in [0.05, 0.1) is 11.3 Å². The average Bonchev–Trinajstić information content (AvgIpc) is 2.89. The molecule has 2 aromatic heterocycles. The van der Waals surface area contributed by atoms with E-state index in [4.69, 9.17) is 0 Å². The Morgan fingerprint density at radius 3 is 2.86 bits per heavy atom. The minimum atomic E-state index is 0.0487. The summed E-state index contributed by atoms with van der Waals surface area (Å²) in [4.78, 5) is 23.9. The molecule has 0 N–H and O–H groups in total. The molecule has 1 aliphatic heterocycles. The van der Waals surface area contributed by atoms with Crippen molar-refractivity contribution in [3.05, 3.63) is 45.0 Å². The lowest BCUT2D eigenvalue weighted by Gasteiger charge is -2.31. The summed E-state index contributed by atoms with van der Waals surface area (Å²) in [6.07, 6.45) is 7.47. The second-order valence-electron chi connectivity index (χ2n) is 5.64. The van der Waals surface area contributed by atoms with Crippen LogP contribution in [0.1, 0.15) is 22.7 Å². The molecular weight excluding hydrogens is 284 g/mol. The molecule has 6 heteroatoms. The van der Waals surface area contributed by atoms with Gasteiger partial charge in [0.1, 0.15) is 0 Å². The number of nitrogens with zero attached hydrogens (tertiary/aromatic N) is 4. The Kier molecular flexibility index (Phi) is 4.45. The number of hydrogen-bond donors (Lipinski definition) is 0. The van der Waals surface area contributed by atoms with Gasteiger partial charge in [-0.15, -0.1) is 11.3 Å². The van der Waals surface area contributed by atoms with Crippen LogP contribution in [0, 0.1) is 12.8 Å². The minimum absolute atomic E-state index is 0.0487. The Morgan fingerprint density at radius 1 is 1.38 bits per heavy atom. The van der Waals surface area contributed by atoms with Crippen LogP contribution in [-0.2, 0) is 13.1 Å². The van der Waals surface area contributed by atoms with Crippen LogP contribution in [0.15, 0.2) is 29.6 Å². The largest absolute Gasteiger partial charge is 0.299 e. The third-order valence-corrected chi connectivity index (χ3v) is 4.90. The van der Waals surface area contributed by atoms with E-state index in [1.807, 2.05) is 13.1 Å². The van der Waals surface area contributed by atoms with E-state index >= 15 is 0 Å². The third-order valence-electron chi connectivity index (χ3n) is 4.00. The molecule has 3 heterocycles. The van der Waals surface area contributed by atoms with E-state index in [2.05, 4.69) is 14.9 Å². The van der Waals surface area contributed by atoms with Gasteiger partial charge < -0.3 is 0 Å². The first-order valence-corrected chi connectivity index (χ1v) is 8.16. The van der Waals surface area contributed by atoms with Gasteiger partial charge in [-0.25, -0.2) is 9.97 Å². The summed E-state index contributed by atoms with van der Waals surface area (Å²) in [7, 11) is 0. The molecule has 1 saturated heterocycles. The molecule has 0 bridgehead atoms. The maximum Gasteiger partial charge on any atom is 0.253 e. The number of piperidine rings is 1. The fraction of sp³-hybridized carbons (Fsp3) is 0.533. The summed E-state index contributed by atoms with van der Waals surface area (Å²) in [6, 6.07) is 1.53. The molecule has 0 aliphatic carbocycles. The zero-order valence-electron chi connectivity index (χ0n) is 12.2. The predicted octanol–water partition coefficient (Wildman–Crippen LogP) is 1.92. The van der Waals surface area contributed by atoms with Crippen molar-refractivity contribution in [3.63, 3.8) is 0 Å². The first-order valence-electron chi connectivity index (χ1n) is 7.35. The lowest BCUT2D eigenvalue weighted by molar-refractivity contribution is 0.167. The van der Waals surface area contributed by atoms with Gasteiger partial charge in [0.2, 0.25) is 0 Å². The van der Waals surface area contributed by atoms with Gasteiger partial charge in [0, 0.05) is 36.4 Å². The van der Waals surface area contributed by atoms with Gasteiger partial charge in [-0.1, -0.05) is 0 Å². The molecule has 21 heavy (non-hydrogen) atoms. The summed E-state index contributed by atoms with van der Waals surface area (Å²) in [6.45, 7) is 6.03. The monoisotopic (exact) mass is 304 g/mol. The summed E-state index contributed by atoms with van der Waals surface area (Å²) in [5, 5.41) is 1.14. The quantitative estimate of drug-likeness (QED) is 0.866. The van der Waals surface area contributed by atoms with Crippen molar-refractivity contribution in [2.24, 2.45) is 5.92 Å². The Balaban J connectivity index is 1.51. The lowest BCUT2D eigenvalue weighted by Crippen LogP contribution is -2.35. The molecule has 0 amide bonds. The van der Waals surface area contributed by atoms with Crippen LogP contribution in [0.25, 0.3) is 0 Å². The van der Waals surface area contributed by atoms with Crippen LogP contribution in [0.5, 0.6) is 0 Å². The van der Waals surface area contributed by atoms with E-state index in [1.165, 1.54) is 10.9 Å². The Bertz CT molecular complexity index is 643. The summed E-state index contributed by atoms with van der Waals surface area (Å²) >= 11 is 1.78. The van der Waals surface area contributed by atoms with E-state index < -0.39 is 0 Å². The second-order valence-corrected chi connectivity index (χ2v) is 6.96. The maximum absolute atomic E-state index is 11.7. The molecule has 0 atom stereocenters. The van der Waals surface area contributed by atoms with Crippen LogP contribution in [0.3, 0.4) is 0 Å². The highest BCUT2D eigenvalue weighted by molar-refractivity contribution is 7.11. The average molecular weight is 304 g/mol. The summed E-state index contributed by atoms with van der Waals surface area (Å²) in [5.74, 6) is 0.575. The van der Waals surface area contributed by atoms with Gasteiger partial charge in [0.25, 0.3) is 5.56 Å². The number of hydrogen-bond acceptors (Lipinski definition) is 5. The Hall–Kier alpha value is -1.53. The van der Waals surface area contributed by atoms with Gasteiger partial charge in [-0.2, -0.15) is 0 Å². The van der Waals surface area contributed by atoms with Crippen molar-refractivity contribution in [1.29, 1.82) is 0 Å². The van der Waals surface area contributed by atoms with E-state index in [0.717, 1.165) is 44.0 Å². The van der Waals surface area contributed by atoms with Gasteiger partial charge in [0.15, 0.2) is 0 Å². The molecular formula is C15H20N4OS. The summed E-state index contributed by atoms with van der Waals surface area (Å²) < 4.78 is 1.73. The molecule has 1 fully saturated rings. The van der Waals surface area contributed by atoms with Crippen molar-refractivity contribution in [3.8, 4) is 0 Å². The van der Waals surface area contributed by atoms with Crippen molar-refractivity contribution >= 4 is 11.3 Å². The molecule has 0 aromatic carbocycles. The third kappa shape index (κ3) is 3.77. The number of likely N-dealkylation sites (tertiary alicyclic amines) is 1. The molecule has 0 radical (unpaired) electrons. The molecule has 112 valence electrons. The molecule has 2 aromatic rings. The first kappa shape index (κ1) is 14.4. The van der Waals surface area contributed by atoms with Crippen LogP contribution in [0.2, 0.25) is 0 Å². The highest BCUT2D eigenvalue weighted by atomic mass is 32.1. The van der Waals surface area contributed by atoms with Crippen LogP contribution in [0.4, 0.5) is 0 Å². The fourth-order valence-electron chi connectivity index (χ4n) is 2.82. The van der Waals surface area contributed by atoms with Crippen LogP contribution < -0.4 is 5.56 Å². The number of thiazole rings is 1. The van der Waals surface area contributed by atoms with Crippen molar-refractivity contribution in [2.45, 2.75) is 32.9 Å². The Morgan fingerprint density at radius 2 is 2.19 bits per heavy atom. The first-order chi connectivity index (χ1) is 10.2. The summed E-state index contributed by atoms with van der Waals surface area (Å²) in [5.41, 5.74) is 0.0487. The fourth-order valence-corrected chi connectivity index (χ4v) is 3.66. The Labute approximate surface area is 128 Å². The lowest BCUT2D eigenvalue weighted by atomic mass is 9.96. The minimum Gasteiger partial charge on any atom is -0.299 e. The molecule has 5 nitrogen and oxygen atoms in total. The van der Waals surface area contributed by atoms with E-state index in [9.17, 15) is 4.79 Å². The molecule has 0 saturated carbocycles. The van der Waals surface area contributed by atoms with E-state index in [-0.39, 0.29) is 5.56 Å². The van der Waals surface area contributed by atoms with Crippen molar-refractivity contribution < 1.29 is 0 Å². The standard InChI is InChI=1S/C15H20N4OS/c1-12-17-8-14(21-12)10-18-6-3-13(4-7-18)9-19-11-16-5-2-15(19)20/h2,5,8,11,13H,3-4,6-7,9-10H2,1H3. The predicted molar refractivity (Wildman–Crippen MR) is 83.3 cm³/mol.